The summed E-state index contributed by atoms with van der Waals surface area (Å²) in [5, 5.41) is 3.32. The monoisotopic (exact) mass is 500 g/mol. The average Bonchev–Trinajstić information content (AvgIpc) is 2.95. The Labute approximate surface area is 214 Å². The van der Waals surface area contributed by atoms with Crippen LogP contribution in [0.5, 0.6) is 11.5 Å². The van der Waals surface area contributed by atoms with Gasteiger partial charge in [-0.3, -0.25) is 4.79 Å². The largest absolute Gasteiger partial charge is 0.493 e. The molecule has 1 amide bonds. The van der Waals surface area contributed by atoms with E-state index >= 15 is 0 Å². The van der Waals surface area contributed by atoms with Gasteiger partial charge in [0.2, 0.25) is 5.95 Å². The van der Waals surface area contributed by atoms with Gasteiger partial charge in [-0.15, -0.1) is 0 Å². The number of methoxy groups -OCH3 is 2. The van der Waals surface area contributed by atoms with Crippen molar-refractivity contribution in [3.63, 3.8) is 0 Å². The number of piperazine rings is 1. The Hall–Kier alpha value is -4.51. The van der Waals surface area contributed by atoms with E-state index in [-0.39, 0.29) is 11.9 Å². The van der Waals surface area contributed by atoms with E-state index in [1.807, 2.05) is 53.4 Å². The predicted molar refractivity (Wildman–Crippen MR) is 142 cm³/mol. The van der Waals surface area contributed by atoms with Crippen LogP contribution in [0.3, 0.4) is 0 Å². The van der Waals surface area contributed by atoms with Gasteiger partial charge in [0.05, 0.1) is 26.1 Å². The number of nitrogens with one attached hydrogen (secondary N) is 1. The number of nitrogen functional groups attached to an aromatic ring is 1. The SMILES string of the molecule is COc1ccc(-c2cnc3nc(N)nc(N4CCNCC4C(=O)N(C)c4ccccc4)c3n2)cc1OC. The number of fused-ring (bicyclic) bond motifs is 1. The molecule has 11 heteroatoms. The van der Waals surface area contributed by atoms with Gasteiger partial charge in [0.1, 0.15) is 6.04 Å². The summed E-state index contributed by atoms with van der Waals surface area (Å²) >= 11 is 0. The minimum absolute atomic E-state index is 0.0665. The van der Waals surface area contributed by atoms with E-state index in [2.05, 4.69) is 20.3 Å². The second-order valence-electron chi connectivity index (χ2n) is 8.55. The zero-order valence-corrected chi connectivity index (χ0v) is 20.9. The van der Waals surface area contributed by atoms with Crippen LogP contribution in [0.2, 0.25) is 0 Å². The maximum Gasteiger partial charge on any atom is 0.250 e. The Morgan fingerprint density at radius 2 is 1.86 bits per heavy atom. The number of amides is 1. The highest BCUT2D eigenvalue weighted by molar-refractivity contribution is 6.00. The molecular formula is C26H28N8O3. The minimum atomic E-state index is -0.525. The summed E-state index contributed by atoms with van der Waals surface area (Å²) in [7, 11) is 4.93. The fourth-order valence-electron chi connectivity index (χ4n) is 4.43. The molecular weight excluding hydrogens is 472 g/mol. The molecule has 2 aromatic heterocycles. The summed E-state index contributed by atoms with van der Waals surface area (Å²) in [6.45, 7) is 1.66. The highest BCUT2D eigenvalue weighted by atomic mass is 16.5. The first-order chi connectivity index (χ1) is 18.0. The van der Waals surface area contributed by atoms with Crippen molar-refractivity contribution in [3.8, 4) is 22.8 Å². The molecule has 0 saturated carbocycles. The molecule has 4 aromatic rings. The van der Waals surface area contributed by atoms with Crippen LogP contribution in [0.1, 0.15) is 0 Å². The number of ether oxygens (including phenoxy) is 2. The number of hydrogen-bond donors (Lipinski definition) is 2. The van der Waals surface area contributed by atoms with E-state index in [0.717, 1.165) is 11.3 Å². The lowest BCUT2D eigenvalue weighted by Crippen LogP contribution is -2.58. The maximum atomic E-state index is 13.6. The van der Waals surface area contributed by atoms with Crippen LogP contribution < -0.4 is 30.3 Å². The third kappa shape index (κ3) is 4.68. The first-order valence-corrected chi connectivity index (χ1v) is 11.8. The molecule has 0 aliphatic carbocycles. The van der Waals surface area contributed by atoms with Crippen molar-refractivity contribution in [1.29, 1.82) is 0 Å². The molecule has 0 bridgehead atoms. The van der Waals surface area contributed by atoms with Gasteiger partial charge in [-0.25, -0.2) is 9.97 Å². The van der Waals surface area contributed by atoms with E-state index in [0.29, 0.717) is 53.8 Å². The number of anilines is 3. The molecule has 0 spiro atoms. The molecule has 190 valence electrons. The number of hydrogen-bond acceptors (Lipinski definition) is 10. The van der Waals surface area contributed by atoms with E-state index in [9.17, 15) is 4.79 Å². The third-order valence-electron chi connectivity index (χ3n) is 6.36. The van der Waals surface area contributed by atoms with Gasteiger partial charge >= 0.3 is 0 Å². The quantitative estimate of drug-likeness (QED) is 0.406. The highest BCUT2D eigenvalue weighted by Crippen LogP contribution is 2.33. The Bertz CT molecular complexity index is 1430. The number of para-hydroxylation sites is 1. The fourth-order valence-corrected chi connectivity index (χ4v) is 4.43. The molecule has 3 heterocycles. The first-order valence-electron chi connectivity index (χ1n) is 11.8. The molecule has 1 fully saturated rings. The lowest BCUT2D eigenvalue weighted by atomic mass is 10.1. The van der Waals surface area contributed by atoms with Gasteiger partial charge in [-0.2, -0.15) is 9.97 Å². The number of carbonyl (C=O) groups is 1. The summed E-state index contributed by atoms with van der Waals surface area (Å²) in [6.07, 6.45) is 1.63. The van der Waals surface area contributed by atoms with E-state index < -0.39 is 6.04 Å². The van der Waals surface area contributed by atoms with Crippen LogP contribution >= 0.6 is 0 Å². The molecule has 0 radical (unpaired) electrons. The minimum Gasteiger partial charge on any atom is -0.493 e. The van der Waals surface area contributed by atoms with Crippen molar-refractivity contribution in [3.05, 3.63) is 54.7 Å². The van der Waals surface area contributed by atoms with Gasteiger partial charge in [0, 0.05) is 37.9 Å². The number of nitrogens with zero attached hydrogens (tertiary/aromatic N) is 6. The molecule has 2 aromatic carbocycles. The molecule has 1 aliphatic rings. The van der Waals surface area contributed by atoms with E-state index in [1.165, 1.54) is 0 Å². The van der Waals surface area contributed by atoms with E-state index in [1.54, 1.807) is 32.4 Å². The molecule has 1 saturated heterocycles. The molecule has 1 aliphatic heterocycles. The standard InChI is InChI=1S/C26H28N8O3/c1-33(17-7-5-4-6-8-17)25(35)19-15-28-11-12-34(19)24-22-23(31-26(27)32-24)29-14-18(30-22)16-9-10-20(36-2)21(13-16)37-3/h4-10,13-14,19,28H,11-12,15H2,1-3H3,(H2,27,29,31,32). The van der Waals surface area contributed by atoms with E-state index in [4.69, 9.17) is 20.2 Å². The van der Waals surface area contributed by atoms with Crippen LogP contribution in [0, 0.1) is 0 Å². The zero-order chi connectivity index (χ0) is 25.9. The lowest BCUT2D eigenvalue weighted by molar-refractivity contribution is -0.119. The predicted octanol–water partition coefficient (Wildman–Crippen LogP) is 2.13. The van der Waals surface area contributed by atoms with Gasteiger partial charge < -0.3 is 30.3 Å². The van der Waals surface area contributed by atoms with Gasteiger partial charge in [0.25, 0.3) is 5.91 Å². The molecule has 37 heavy (non-hydrogen) atoms. The molecule has 3 N–H and O–H groups in total. The fraction of sp³-hybridized carbons (Fsp3) is 0.269. The zero-order valence-electron chi connectivity index (χ0n) is 20.9. The van der Waals surface area contributed by atoms with Crippen LogP contribution in [-0.4, -0.2) is 72.8 Å². The third-order valence-corrected chi connectivity index (χ3v) is 6.36. The van der Waals surface area contributed by atoms with Crippen molar-refractivity contribution in [2.75, 3.05) is 56.4 Å². The number of rotatable bonds is 6. The Balaban J connectivity index is 1.57. The summed E-state index contributed by atoms with van der Waals surface area (Å²) in [6, 6.07) is 14.5. The molecule has 1 unspecified atom stereocenters. The Morgan fingerprint density at radius 1 is 1.08 bits per heavy atom. The number of likely N-dealkylation sites (N-methyl/N-ethyl adjacent to an activating group) is 1. The Morgan fingerprint density at radius 3 is 2.62 bits per heavy atom. The number of aromatic nitrogens is 4. The summed E-state index contributed by atoms with van der Waals surface area (Å²) in [5.74, 6) is 1.65. The number of benzene rings is 2. The van der Waals surface area contributed by atoms with Crippen molar-refractivity contribution in [1.82, 2.24) is 25.3 Å². The molecule has 11 nitrogen and oxygen atoms in total. The highest BCUT2D eigenvalue weighted by Gasteiger charge is 2.34. The maximum absolute atomic E-state index is 13.6. The number of nitrogens with two attached hydrogens (primary N) is 1. The van der Waals surface area contributed by atoms with Gasteiger partial charge in [0.15, 0.2) is 28.5 Å². The topological polar surface area (TPSA) is 132 Å². The van der Waals surface area contributed by atoms with Crippen molar-refractivity contribution in [2.24, 2.45) is 0 Å². The van der Waals surface area contributed by atoms with Crippen LogP contribution in [0.15, 0.2) is 54.7 Å². The summed E-state index contributed by atoms with van der Waals surface area (Å²) in [5.41, 5.74) is 9.07. The van der Waals surface area contributed by atoms with Crippen LogP contribution in [0.25, 0.3) is 22.4 Å². The van der Waals surface area contributed by atoms with Crippen molar-refractivity contribution < 1.29 is 14.3 Å². The van der Waals surface area contributed by atoms with Crippen molar-refractivity contribution in [2.45, 2.75) is 6.04 Å². The Kier molecular flexibility index (Phi) is 6.69. The van der Waals surface area contributed by atoms with Crippen molar-refractivity contribution >= 4 is 34.5 Å². The second-order valence-corrected chi connectivity index (χ2v) is 8.55. The van der Waals surface area contributed by atoms with Gasteiger partial charge in [-0.05, 0) is 30.3 Å². The average molecular weight is 501 g/mol. The molecule has 1 atom stereocenters. The number of carbonyl (C=O) groups excluding carboxylic acids is 1. The summed E-state index contributed by atoms with van der Waals surface area (Å²) < 4.78 is 10.8. The lowest BCUT2D eigenvalue weighted by Gasteiger charge is -2.38. The second kappa shape index (κ2) is 10.2. The van der Waals surface area contributed by atoms with Crippen LogP contribution in [-0.2, 0) is 4.79 Å². The summed E-state index contributed by atoms with van der Waals surface area (Å²) in [4.78, 5) is 35.4. The normalized spacial score (nSPS) is 15.4. The smallest absolute Gasteiger partial charge is 0.250 e. The van der Waals surface area contributed by atoms with Gasteiger partial charge in [-0.1, -0.05) is 18.2 Å². The molecule has 5 rings (SSSR count). The first kappa shape index (κ1) is 24.2. The van der Waals surface area contributed by atoms with Crippen LogP contribution in [0.4, 0.5) is 17.5 Å².